The summed E-state index contributed by atoms with van der Waals surface area (Å²) in [5.74, 6) is 0.311. The highest BCUT2D eigenvalue weighted by atomic mass is 79.9. The molecule has 3 aromatic rings. The van der Waals surface area contributed by atoms with Gasteiger partial charge in [-0.2, -0.15) is 0 Å². The zero-order valence-corrected chi connectivity index (χ0v) is 25.5. The molecule has 0 spiro atoms. The molecule has 0 fully saturated rings. The Bertz CT molecular complexity index is 1330. The van der Waals surface area contributed by atoms with Gasteiger partial charge < -0.3 is 24.6 Å². The Morgan fingerprint density at radius 3 is 2.25 bits per heavy atom. The number of hydrogen-bond acceptors (Lipinski definition) is 6. The lowest BCUT2D eigenvalue weighted by molar-refractivity contribution is -0.153. The number of carbonyl (C=O) groups is 2. The summed E-state index contributed by atoms with van der Waals surface area (Å²) in [4.78, 5) is 24.7. The molecule has 0 aliphatic rings. The first-order valence-electron chi connectivity index (χ1n) is 13.1. The Morgan fingerprint density at radius 1 is 0.875 bits per heavy atom. The molecule has 0 aromatic heterocycles. The summed E-state index contributed by atoms with van der Waals surface area (Å²) in [6, 6.07) is 20.5. The van der Waals surface area contributed by atoms with Gasteiger partial charge in [0.15, 0.2) is 0 Å². The Hall–Kier alpha value is -3.36. The van der Waals surface area contributed by atoms with E-state index in [1.807, 2.05) is 87.5 Å². The number of esters is 1. The van der Waals surface area contributed by atoms with Gasteiger partial charge in [-0.1, -0.05) is 52.3 Å². The van der Waals surface area contributed by atoms with Crippen molar-refractivity contribution in [2.45, 2.75) is 71.8 Å². The number of benzene rings is 3. The van der Waals surface area contributed by atoms with Gasteiger partial charge in [-0.05, 0) is 94.1 Å². The molecule has 214 valence electrons. The minimum Gasteiger partial charge on any atom is -0.489 e. The number of aliphatic hydroxyl groups excluding tert-OH is 1. The predicted molar refractivity (Wildman–Crippen MR) is 159 cm³/mol. The molecule has 1 amide bonds. The van der Waals surface area contributed by atoms with Crippen molar-refractivity contribution in [3.8, 4) is 16.9 Å². The molecule has 0 heterocycles. The van der Waals surface area contributed by atoms with E-state index in [-0.39, 0.29) is 25.6 Å². The van der Waals surface area contributed by atoms with Crippen molar-refractivity contribution in [3.05, 3.63) is 87.9 Å². The standard InChI is InChI=1S/C32H38BrNO6/c1-31(2,3)39-29(36)18-24-10-7-8-13-28(24)38-20-21-14-25(17-26(33)15-21)22-11-9-12-23(16-22)27(19-35)34-30(37)40-32(4,5)6/h7-17,27,35H,18-20H2,1-6H3,(H,34,37)/t27-/m1/s1. The minimum absolute atomic E-state index is 0.118. The average molecular weight is 613 g/mol. The van der Waals surface area contributed by atoms with E-state index in [1.54, 1.807) is 20.8 Å². The summed E-state index contributed by atoms with van der Waals surface area (Å²) < 4.78 is 17.8. The van der Waals surface area contributed by atoms with Crippen molar-refractivity contribution >= 4 is 28.0 Å². The molecular weight excluding hydrogens is 574 g/mol. The summed E-state index contributed by atoms with van der Waals surface area (Å²) in [7, 11) is 0. The first kappa shape index (κ1) is 31.2. The van der Waals surface area contributed by atoms with E-state index in [9.17, 15) is 14.7 Å². The fourth-order valence-corrected chi connectivity index (χ4v) is 4.55. The fourth-order valence-electron chi connectivity index (χ4n) is 4.00. The van der Waals surface area contributed by atoms with Crippen LogP contribution in [0.4, 0.5) is 4.79 Å². The summed E-state index contributed by atoms with van der Waals surface area (Å²) in [5, 5.41) is 12.7. The lowest BCUT2D eigenvalue weighted by Gasteiger charge is -2.23. The highest BCUT2D eigenvalue weighted by Crippen LogP contribution is 2.29. The van der Waals surface area contributed by atoms with Gasteiger partial charge in [0.05, 0.1) is 19.1 Å². The topological polar surface area (TPSA) is 94.1 Å². The van der Waals surface area contributed by atoms with Crippen LogP contribution in [0.25, 0.3) is 11.1 Å². The van der Waals surface area contributed by atoms with Gasteiger partial charge in [0, 0.05) is 10.0 Å². The monoisotopic (exact) mass is 611 g/mol. The number of hydrogen-bond donors (Lipinski definition) is 2. The van der Waals surface area contributed by atoms with E-state index in [0.717, 1.165) is 32.3 Å². The lowest BCUT2D eigenvalue weighted by atomic mass is 9.98. The summed E-state index contributed by atoms with van der Waals surface area (Å²) in [5.41, 5.74) is 3.08. The van der Waals surface area contributed by atoms with Crippen LogP contribution in [0.2, 0.25) is 0 Å². The maximum Gasteiger partial charge on any atom is 0.408 e. The molecule has 0 bridgehead atoms. The second-order valence-corrected chi connectivity index (χ2v) is 12.4. The summed E-state index contributed by atoms with van der Waals surface area (Å²) in [6.07, 6.45) is -0.473. The zero-order chi connectivity index (χ0) is 29.5. The van der Waals surface area contributed by atoms with Crippen molar-refractivity contribution in [2.24, 2.45) is 0 Å². The maximum absolute atomic E-state index is 12.4. The van der Waals surface area contributed by atoms with Gasteiger partial charge in [-0.15, -0.1) is 0 Å². The molecule has 8 heteroatoms. The first-order chi connectivity index (χ1) is 18.7. The van der Waals surface area contributed by atoms with Crippen LogP contribution in [0.3, 0.4) is 0 Å². The summed E-state index contributed by atoms with van der Waals surface area (Å²) in [6.45, 7) is 10.9. The van der Waals surface area contributed by atoms with Crippen LogP contribution in [0, 0.1) is 0 Å². The number of nitrogens with one attached hydrogen (secondary N) is 1. The van der Waals surface area contributed by atoms with E-state index in [0.29, 0.717) is 5.75 Å². The van der Waals surface area contributed by atoms with Crippen LogP contribution < -0.4 is 10.1 Å². The number of amides is 1. The van der Waals surface area contributed by atoms with Gasteiger partial charge in [-0.3, -0.25) is 4.79 Å². The molecule has 3 aromatic carbocycles. The fraction of sp³-hybridized carbons (Fsp3) is 0.375. The van der Waals surface area contributed by atoms with Crippen LogP contribution in [0.5, 0.6) is 5.75 Å². The van der Waals surface area contributed by atoms with Gasteiger partial charge >= 0.3 is 12.1 Å². The van der Waals surface area contributed by atoms with E-state index in [4.69, 9.17) is 14.2 Å². The zero-order valence-electron chi connectivity index (χ0n) is 23.9. The first-order valence-corrected chi connectivity index (χ1v) is 13.9. The number of aliphatic hydroxyl groups is 1. The van der Waals surface area contributed by atoms with E-state index >= 15 is 0 Å². The molecule has 1 atom stereocenters. The lowest BCUT2D eigenvalue weighted by Crippen LogP contribution is -2.36. The second kappa shape index (κ2) is 13.3. The van der Waals surface area contributed by atoms with Crippen LogP contribution in [0.1, 0.15) is 64.3 Å². The van der Waals surface area contributed by atoms with Gasteiger partial charge in [0.1, 0.15) is 23.6 Å². The Kier molecular flexibility index (Phi) is 10.4. The number of ether oxygens (including phenoxy) is 3. The second-order valence-electron chi connectivity index (χ2n) is 11.5. The average Bonchev–Trinajstić information content (AvgIpc) is 2.84. The molecule has 0 unspecified atom stereocenters. The number of carbonyl (C=O) groups excluding carboxylic acids is 2. The molecular formula is C32H38BrNO6. The Balaban J connectivity index is 1.77. The van der Waals surface area contributed by atoms with Crippen molar-refractivity contribution in [1.29, 1.82) is 0 Å². The van der Waals surface area contributed by atoms with Crippen molar-refractivity contribution in [2.75, 3.05) is 6.61 Å². The SMILES string of the molecule is CC(C)(C)OC(=O)Cc1ccccc1OCc1cc(Br)cc(-c2cccc([C@@H](CO)NC(=O)OC(C)(C)C)c2)c1. The van der Waals surface area contributed by atoms with E-state index in [1.165, 1.54) is 0 Å². The van der Waals surface area contributed by atoms with Crippen molar-refractivity contribution in [3.63, 3.8) is 0 Å². The maximum atomic E-state index is 12.4. The quantitative estimate of drug-likeness (QED) is 0.250. The Labute approximate surface area is 245 Å². The number of para-hydroxylation sites is 1. The molecule has 0 aliphatic heterocycles. The van der Waals surface area contributed by atoms with Gasteiger partial charge in [-0.25, -0.2) is 4.79 Å². The third-order valence-electron chi connectivity index (χ3n) is 5.58. The predicted octanol–water partition coefficient (Wildman–Crippen LogP) is 7.14. The number of halogens is 1. The molecule has 0 radical (unpaired) electrons. The normalized spacial score (nSPS) is 12.4. The van der Waals surface area contributed by atoms with Crippen LogP contribution in [-0.4, -0.2) is 35.0 Å². The van der Waals surface area contributed by atoms with Crippen molar-refractivity contribution < 1.29 is 28.9 Å². The van der Waals surface area contributed by atoms with Crippen LogP contribution in [-0.2, 0) is 27.3 Å². The molecule has 0 saturated carbocycles. The smallest absolute Gasteiger partial charge is 0.408 e. The number of alkyl carbamates (subject to hydrolysis) is 1. The van der Waals surface area contributed by atoms with Crippen LogP contribution >= 0.6 is 15.9 Å². The molecule has 0 saturated heterocycles. The Morgan fingerprint density at radius 2 is 1.57 bits per heavy atom. The molecule has 40 heavy (non-hydrogen) atoms. The highest BCUT2D eigenvalue weighted by molar-refractivity contribution is 9.10. The minimum atomic E-state index is -0.642. The van der Waals surface area contributed by atoms with Gasteiger partial charge in [0.25, 0.3) is 0 Å². The van der Waals surface area contributed by atoms with Crippen molar-refractivity contribution in [1.82, 2.24) is 5.32 Å². The largest absolute Gasteiger partial charge is 0.489 e. The number of rotatable bonds is 9. The third kappa shape index (κ3) is 9.99. The molecule has 3 rings (SSSR count). The third-order valence-corrected chi connectivity index (χ3v) is 6.03. The molecule has 0 aliphatic carbocycles. The van der Waals surface area contributed by atoms with E-state index in [2.05, 4.69) is 21.2 Å². The van der Waals surface area contributed by atoms with Crippen LogP contribution in [0.15, 0.2) is 71.2 Å². The summed E-state index contributed by atoms with van der Waals surface area (Å²) >= 11 is 3.60. The highest BCUT2D eigenvalue weighted by Gasteiger charge is 2.21. The molecule has 7 nitrogen and oxygen atoms in total. The molecule has 2 N–H and O–H groups in total. The van der Waals surface area contributed by atoms with Gasteiger partial charge in [0.2, 0.25) is 0 Å². The van der Waals surface area contributed by atoms with E-state index < -0.39 is 23.3 Å².